The zero-order valence-electron chi connectivity index (χ0n) is 11.4. The highest BCUT2D eigenvalue weighted by Gasteiger charge is 2.04. The van der Waals surface area contributed by atoms with Crippen LogP contribution >= 0.6 is 0 Å². The van der Waals surface area contributed by atoms with Crippen LogP contribution in [0.3, 0.4) is 0 Å². The number of nitrogens with one attached hydrogen (secondary N) is 1. The predicted octanol–water partition coefficient (Wildman–Crippen LogP) is 2.31. The molecule has 1 aromatic carbocycles. The molecule has 18 heavy (non-hydrogen) atoms. The van der Waals surface area contributed by atoms with Crippen LogP contribution in [0.25, 0.3) is 0 Å². The molecular formula is C14H23NO3. The van der Waals surface area contributed by atoms with E-state index >= 15 is 0 Å². The largest absolute Gasteiger partial charge is 0.504 e. The van der Waals surface area contributed by atoms with Crippen LogP contribution in [-0.2, 0) is 11.3 Å². The summed E-state index contributed by atoms with van der Waals surface area (Å²) < 4.78 is 10.8. The van der Waals surface area contributed by atoms with E-state index in [1.54, 1.807) is 6.07 Å². The molecule has 4 nitrogen and oxygen atoms in total. The molecule has 0 aliphatic heterocycles. The van der Waals surface area contributed by atoms with Gasteiger partial charge in [-0.25, -0.2) is 0 Å². The van der Waals surface area contributed by atoms with Gasteiger partial charge < -0.3 is 19.9 Å². The summed E-state index contributed by atoms with van der Waals surface area (Å²) >= 11 is 0. The summed E-state index contributed by atoms with van der Waals surface area (Å²) in [6.45, 7) is 8.75. The van der Waals surface area contributed by atoms with Gasteiger partial charge in [0.25, 0.3) is 0 Å². The SMILES string of the molecule is CCOc1cc(CNCC(C)OCC)ccc1O. The number of hydrogen-bond acceptors (Lipinski definition) is 4. The minimum atomic E-state index is 0.184. The molecule has 102 valence electrons. The fraction of sp³-hybridized carbons (Fsp3) is 0.571. The van der Waals surface area contributed by atoms with Gasteiger partial charge in [0.15, 0.2) is 11.5 Å². The molecule has 0 aromatic heterocycles. The molecule has 2 N–H and O–H groups in total. The van der Waals surface area contributed by atoms with Crippen LogP contribution in [0, 0.1) is 0 Å². The molecule has 0 saturated heterocycles. The molecular weight excluding hydrogens is 230 g/mol. The van der Waals surface area contributed by atoms with E-state index in [4.69, 9.17) is 9.47 Å². The molecule has 4 heteroatoms. The lowest BCUT2D eigenvalue weighted by Crippen LogP contribution is -2.26. The van der Waals surface area contributed by atoms with Crippen LogP contribution in [0.1, 0.15) is 26.3 Å². The van der Waals surface area contributed by atoms with Gasteiger partial charge in [0.05, 0.1) is 12.7 Å². The number of aromatic hydroxyl groups is 1. The van der Waals surface area contributed by atoms with E-state index in [0.717, 1.165) is 25.3 Å². The maximum atomic E-state index is 9.58. The number of phenolic OH excluding ortho intramolecular Hbond substituents is 1. The lowest BCUT2D eigenvalue weighted by Gasteiger charge is -2.13. The van der Waals surface area contributed by atoms with Crippen molar-refractivity contribution < 1.29 is 14.6 Å². The summed E-state index contributed by atoms with van der Waals surface area (Å²) in [7, 11) is 0. The van der Waals surface area contributed by atoms with Gasteiger partial charge in [-0.1, -0.05) is 6.07 Å². The van der Waals surface area contributed by atoms with Crippen LogP contribution in [0.5, 0.6) is 11.5 Å². The standard InChI is InChI=1S/C14H23NO3/c1-4-17-11(3)9-15-10-12-6-7-13(16)14(8-12)18-5-2/h6-8,11,15-16H,4-5,9-10H2,1-3H3. The van der Waals surface area contributed by atoms with E-state index in [9.17, 15) is 5.11 Å². The third-order valence-electron chi connectivity index (χ3n) is 2.54. The highest BCUT2D eigenvalue weighted by Crippen LogP contribution is 2.26. The minimum absolute atomic E-state index is 0.184. The molecule has 1 aromatic rings. The van der Waals surface area contributed by atoms with Gasteiger partial charge in [-0.3, -0.25) is 0 Å². The van der Waals surface area contributed by atoms with Gasteiger partial charge in [-0.2, -0.15) is 0 Å². The van der Waals surface area contributed by atoms with Gasteiger partial charge in [0.2, 0.25) is 0 Å². The van der Waals surface area contributed by atoms with E-state index in [2.05, 4.69) is 5.32 Å². The molecule has 0 radical (unpaired) electrons. The Labute approximate surface area is 109 Å². The summed E-state index contributed by atoms with van der Waals surface area (Å²) in [4.78, 5) is 0. The number of ether oxygens (including phenoxy) is 2. The quantitative estimate of drug-likeness (QED) is 0.746. The molecule has 1 atom stereocenters. The second-order valence-electron chi connectivity index (χ2n) is 4.13. The summed E-state index contributed by atoms with van der Waals surface area (Å²) in [6, 6.07) is 5.40. The molecule has 0 spiro atoms. The van der Waals surface area contributed by atoms with Crippen molar-refractivity contribution in [2.75, 3.05) is 19.8 Å². The monoisotopic (exact) mass is 253 g/mol. The van der Waals surface area contributed by atoms with Gasteiger partial charge >= 0.3 is 0 Å². The average Bonchev–Trinajstić information content (AvgIpc) is 2.34. The van der Waals surface area contributed by atoms with Gasteiger partial charge in [0, 0.05) is 19.7 Å². The highest BCUT2D eigenvalue weighted by molar-refractivity contribution is 5.41. The van der Waals surface area contributed by atoms with Crippen molar-refractivity contribution in [3.63, 3.8) is 0 Å². The fourth-order valence-electron chi connectivity index (χ4n) is 1.70. The summed E-state index contributed by atoms with van der Waals surface area (Å²) in [5.74, 6) is 0.720. The third-order valence-corrected chi connectivity index (χ3v) is 2.54. The highest BCUT2D eigenvalue weighted by atomic mass is 16.5. The van der Waals surface area contributed by atoms with Crippen molar-refractivity contribution in [1.29, 1.82) is 0 Å². The number of rotatable bonds is 8. The Morgan fingerprint density at radius 2 is 2.06 bits per heavy atom. The Bertz CT molecular complexity index is 355. The van der Waals surface area contributed by atoms with Crippen LogP contribution in [0.4, 0.5) is 0 Å². The van der Waals surface area contributed by atoms with Gasteiger partial charge in [-0.05, 0) is 38.5 Å². The van der Waals surface area contributed by atoms with Crippen LogP contribution in [0.2, 0.25) is 0 Å². The first-order valence-corrected chi connectivity index (χ1v) is 6.44. The smallest absolute Gasteiger partial charge is 0.161 e. The molecule has 0 amide bonds. The fourth-order valence-corrected chi connectivity index (χ4v) is 1.70. The van der Waals surface area contributed by atoms with Crippen LogP contribution in [-0.4, -0.2) is 31.0 Å². The second-order valence-corrected chi connectivity index (χ2v) is 4.13. The molecule has 0 heterocycles. The van der Waals surface area contributed by atoms with Crippen LogP contribution < -0.4 is 10.1 Å². The Hall–Kier alpha value is -1.26. The van der Waals surface area contributed by atoms with Crippen molar-refractivity contribution in [1.82, 2.24) is 5.32 Å². The molecule has 0 saturated carbocycles. The van der Waals surface area contributed by atoms with Crippen molar-refractivity contribution in [3.8, 4) is 11.5 Å². The number of phenols is 1. The predicted molar refractivity (Wildman–Crippen MR) is 72.1 cm³/mol. The van der Waals surface area contributed by atoms with Crippen molar-refractivity contribution in [3.05, 3.63) is 23.8 Å². The zero-order chi connectivity index (χ0) is 13.4. The maximum Gasteiger partial charge on any atom is 0.161 e. The normalized spacial score (nSPS) is 12.4. The van der Waals surface area contributed by atoms with E-state index in [-0.39, 0.29) is 11.9 Å². The van der Waals surface area contributed by atoms with Crippen molar-refractivity contribution >= 4 is 0 Å². The average molecular weight is 253 g/mol. The Morgan fingerprint density at radius 1 is 1.28 bits per heavy atom. The first-order chi connectivity index (χ1) is 8.67. The van der Waals surface area contributed by atoms with Crippen molar-refractivity contribution in [2.45, 2.75) is 33.4 Å². The summed E-state index contributed by atoms with van der Waals surface area (Å²) in [6.07, 6.45) is 0.207. The first-order valence-electron chi connectivity index (χ1n) is 6.44. The molecule has 0 aliphatic rings. The van der Waals surface area contributed by atoms with Gasteiger partial charge in [-0.15, -0.1) is 0 Å². The first kappa shape index (κ1) is 14.8. The summed E-state index contributed by atoms with van der Waals surface area (Å²) in [5, 5.41) is 12.9. The Balaban J connectivity index is 2.44. The van der Waals surface area contributed by atoms with Crippen LogP contribution in [0.15, 0.2) is 18.2 Å². The van der Waals surface area contributed by atoms with E-state index in [1.807, 2.05) is 32.9 Å². The minimum Gasteiger partial charge on any atom is -0.504 e. The van der Waals surface area contributed by atoms with Gasteiger partial charge in [0.1, 0.15) is 0 Å². The lowest BCUT2D eigenvalue weighted by molar-refractivity contribution is 0.0759. The third kappa shape index (κ3) is 4.94. The summed E-state index contributed by atoms with van der Waals surface area (Å²) in [5.41, 5.74) is 1.08. The number of hydrogen-bond donors (Lipinski definition) is 2. The number of benzene rings is 1. The molecule has 0 fully saturated rings. The molecule has 1 unspecified atom stereocenters. The van der Waals surface area contributed by atoms with E-state index in [1.165, 1.54) is 0 Å². The Kier molecular flexibility index (Phi) is 6.54. The molecule has 0 aliphatic carbocycles. The maximum absolute atomic E-state index is 9.58. The van der Waals surface area contributed by atoms with E-state index < -0.39 is 0 Å². The second kappa shape index (κ2) is 7.95. The molecule has 1 rings (SSSR count). The van der Waals surface area contributed by atoms with Crippen molar-refractivity contribution in [2.24, 2.45) is 0 Å². The topological polar surface area (TPSA) is 50.7 Å². The van der Waals surface area contributed by atoms with E-state index in [0.29, 0.717) is 12.4 Å². The zero-order valence-corrected chi connectivity index (χ0v) is 11.4. The molecule has 0 bridgehead atoms. The Morgan fingerprint density at radius 3 is 2.72 bits per heavy atom. The lowest BCUT2D eigenvalue weighted by atomic mass is 10.2.